The van der Waals surface area contributed by atoms with E-state index in [0.717, 1.165) is 22.8 Å². The highest BCUT2D eigenvalue weighted by Crippen LogP contribution is 2.08. The van der Waals surface area contributed by atoms with Gasteiger partial charge in [-0.15, -0.1) is 0 Å². The molecule has 2 aromatic rings. The van der Waals surface area contributed by atoms with Gasteiger partial charge in [0, 0.05) is 24.5 Å². The Bertz CT molecular complexity index is 581. The fourth-order valence-corrected chi connectivity index (χ4v) is 2.19. The molecule has 21 heavy (non-hydrogen) atoms. The minimum Gasteiger partial charge on any atom is -0.480 e. The molecule has 0 aliphatic carbocycles. The van der Waals surface area contributed by atoms with Crippen LogP contribution in [-0.2, 0) is 17.9 Å². The summed E-state index contributed by atoms with van der Waals surface area (Å²) in [4.78, 5) is 21.7. The topological polar surface area (TPSA) is 66.3 Å². The van der Waals surface area contributed by atoms with Crippen molar-refractivity contribution in [3.05, 3.63) is 59.2 Å². The van der Waals surface area contributed by atoms with E-state index >= 15 is 0 Å². The van der Waals surface area contributed by atoms with Crippen LogP contribution in [0.4, 0.5) is 0 Å². The number of hydrogen-bond donors (Lipinski definition) is 1. The van der Waals surface area contributed by atoms with Crippen LogP contribution in [0.1, 0.15) is 22.8 Å². The second kappa shape index (κ2) is 6.95. The van der Waals surface area contributed by atoms with Crippen LogP contribution in [0, 0.1) is 13.8 Å². The number of nitrogens with zero attached hydrogens (tertiary/aromatic N) is 3. The third kappa shape index (κ3) is 4.96. The van der Waals surface area contributed by atoms with Gasteiger partial charge < -0.3 is 5.11 Å². The van der Waals surface area contributed by atoms with Crippen molar-refractivity contribution in [3.8, 4) is 0 Å². The van der Waals surface area contributed by atoms with E-state index in [-0.39, 0.29) is 6.54 Å². The predicted octanol–water partition coefficient (Wildman–Crippen LogP) is 2.18. The van der Waals surface area contributed by atoms with Crippen molar-refractivity contribution in [2.45, 2.75) is 26.9 Å². The largest absolute Gasteiger partial charge is 0.480 e. The van der Waals surface area contributed by atoms with Gasteiger partial charge in [-0.25, -0.2) is 0 Å². The molecule has 0 aliphatic rings. The van der Waals surface area contributed by atoms with Gasteiger partial charge >= 0.3 is 5.97 Å². The lowest BCUT2D eigenvalue weighted by atomic mass is 10.2. The molecular formula is C16H19N3O2. The molecule has 5 nitrogen and oxygen atoms in total. The lowest BCUT2D eigenvalue weighted by Gasteiger charge is -2.19. The molecule has 5 heteroatoms. The van der Waals surface area contributed by atoms with Gasteiger partial charge in [0.2, 0.25) is 0 Å². The number of carboxylic acid groups (broad SMARTS) is 1. The number of aromatic nitrogens is 2. The van der Waals surface area contributed by atoms with Crippen LogP contribution in [0.25, 0.3) is 0 Å². The maximum Gasteiger partial charge on any atom is 0.317 e. The minimum atomic E-state index is -0.852. The first kappa shape index (κ1) is 15.1. The number of carboxylic acids is 1. The molecule has 1 N–H and O–H groups in total. The molecule has 2 heterocycles. The Hall–Kier alpha value is -2.27. The molecule has 0 spiro atoms. The monoisotopic (exact) mass is 285 g/mol. The summed E-state index contributed by atoms with van der Waals surface area (Å²) < 4.78 is 0. The van der Waals surface area contributed by atoms with Crippen LogP contribution in [-0.4, -0.2) is 32.5 Å². The zero-order valence-corrected chi connectivity index (χ0v) is 12.3. The molecule has 0 saturated carbocycles. The van der Waals surface area contributed by atoms with Gasteiger partial charge in [0.1, 0.15) is 0 Å². The molecule has 0 bridgehead atoms. The molecule has 0 atom stereocenters. The van der Waals surface area contributed by atoms with E-state index in [4.69, 9.17) is 5.11 Å². The summed E-state index contributed by atoms with van der Waals surface area (Å²) in [6.07, 6.45) is 0. The Morgan fingerprint density at radius 3 is 1.86 bits per heavy atom. The maximum absolute atomic E-state index is 11.0. The standard InChI is InChI=1S/C16H19N3O2/c1-12-5-3-7-14(17-12)9-19(11-16(20)21)10-15-8-4-6-13(2)18-15/h3-8H,9-11H2,1-2H3,(H,20,21). The first-order chi connectivity index (χ1) is 10.0. The molecule has 0 unspecified atom stereocenters. The summed E-state index contributed by atoms with van der Waals surface area (Å²) in [5, 5.41) is 9.07. The van der Waals surface area contributed by atoms with Crippen molar-refractivity contribution < 1.29 is 9.90 Å². The van der Waals surface area contributed by atoms with Crippen LogP contribution in [0.3, 0.4) is 0 Å². The van der Waals surface area contributed by atoms with E-state index in [1.165, 1.54) is 0 Å². The van der Waals surface area contributed by atoms with E-state index < -0.39 is 5.97 Å². The van der Waals surface area contributed by atoms with Gasteiger partial charge in [-0.05, 0) is 38.1 Å². The summed E-state index contributed by atoms with van der Waals surface area (Å²) >= 11 is 0. The normalized spacial score (nSPS) is 10.8. The van der Waals surface area contributed by atoms with Gasteiger partial charge in [0.15, 0.2) is 0 Å². The van der Waals surface area contributed by atoms with Crippen molar-refractivity contribution in [3.63, 3.8) is 0 Å². The number of aliphatic carboxylic acids is 1. The van der Waals surface area contributed by atoms with Crippen LogP contribution in [0.15, 0.2) is 36.4 Å². The first-order valence-electron chi connectivity index (χ1n) is 6.82. The van der Waals surface area contributed by atoms with E-state index in [2.05, 4.69) is 9.97 Å². The molecule has 0 aliphatic heterocycles. The average Bonchev–Trinajstić information content (AvgIpc) is 2.37. The highest BCUT2D eigenvalue weighted by atomic mass is 16.4. The summed E-state index contributed by atoms with van der Waals surface area (Å²) in [7, 11) is 0. The van der Waals surface area contributed by atoms with Gasteiger partial charge in [0.25, 0.3) is 0 Å². The van der Waals surface area contributed by atoms with Crippen LogP contribution < -0.4 is 0 Å². The van der Waals surface area contributed by atoms with E-state index in [9.17, 15) is 4.79 Å². The molecule has 0 aromatic carbocycles. The van der Waals surface area contributed by atoms with Crippen molar-refractivity contribution in [1.29, 1.82) is 0 Å². The number of aryl methyl sites for hydroxylation is 2. The van der Waals surface area contributed by atoms with Crippen LogP contribution >= 0.6 is 0 Å². The van der Waals surface area contributed by atoms with Gasteiger partial charge in [0.05, 0.1) is 17.9 Å². The first-order valence-corrected chi connectivity index (χ1v) is 6.82. The van der Waals surface area contributed by atoms with E-state index in [1.807, 2.05) is 55.1 Å². The molecule has 0 radical (unpaired) electrons. The summed E-state index contributed by atoms with van der Waals surface area (Å²) in [5.74, 6) is -0.852. The lowest BCUT2D eigenvalue weighted by molar-refractivity contribution is -0.138. The zero-order valence-electron chi connectivity index (χ0n) is 12.3. The Morgan fingerprint density at radius 2 is 1.48 bits per heavy atom. The van der Waals surface area contributed by atoms with Gasteiger partial charge in [-0.1, -0.05) is 12.1 Å². The molecule has 0 saturated heterocycles. The number of pyridine rings is 2. The van der Waals surface area contributed by atoms with Crippen LogP contribution in [0.5, 0.6) is 0 Å². The summed E-state index contributed by atoms with van der Waals surface area (Å²) in [6, 6.07) is 11.5. The Labute approximate surface area is 124 Å². The second-order valence-corrected chi connectivity index (χ2v) is 5.08. The number of hydrogen-bond acceptors (Lipinski definition) is 4. The van der Waals surface area contributed by atoms with Crippen molar-refractivity contribution in [2.24, 2.45) is 0 Å². The highest BCUT2D eigenvalue weighted by molar-refractivity contribution is 5.69. The fraction of sp³-hybridized carbons (Fsp3) is 0.312. The quantitative estimate of drug-likeness (QED) is 0.881. The van der Waals surface area contributed by atoms with Crippen molar-refractivity contribution >= 4 is 5.97 Å². The molecule has 2 aromatic heterocycles. The third-order valence-electron chi connectivity index (χ3n) is 3.02. The van der Waals surface area contributed by atoms with Crippen LogP contribution in [0.2, 0.25) is 0 Å². The Kier molecular flexibility index (Phi) is 5.00. The van der Waals surface area contributed by atoms with Crippen molar-refractivity contribution in [1.82, 2.24) is 14.9 Å². The highest BCUT2D eigenvalue weighted by Gasteiger charge is 2.12. The lowest BCUT2D eigenvalue weighted by Crippen LogP contribution is -2.29. The van der Waals surface area contributed by atoms with E-state index in [0.29, 0.717) is 13.1 Å². The molecule has 2 rings (SSSR count). The zero-order chi connectivity index (χ0) is 15.2. The Balaban J connectivity index is 2.12. The Morgan fingerprint density at radius 1 is 1.00 bits per heavy atom. The number of rotatable bonds is 6. The second-order valence-electron chi connectivity index (χ2n) is 5.08. The molecule has 110 valence electrons. The SMILES string of the molecule is Cc1cccc(CN(CC(=O)O)Cc2cccc(C)n2)n1. The maximum atomic E-state index is 11.0. The summed E-state index contributed by atoms with van der Waals surface area (Å²) in [6.45, 7) is 4.79. The third-order valence-corrected chi connectivity index (χ3v) is 3.02. The predicted molar refractivity (Wildman–Crippen MR) is 79.7 cm³/mol. The van der Waals surface area contributed by atoms with E-state index in [1.54, 1.807) is 0 Å². The smallest absolute Gasteiger partial charge is 0.317 e. The van der Waals surface area contributed by atoms with Crippen molar-refractivity contribution in [2.75, 3.05) is 6.54 Å². The fourth-order valence-electron chi connectivity index (χ4n) is 2.19. The number of carbonyl (C=O) groups is 1. The van der Waals surface area contributed by atoms with Gasteiger partial charge in [-0.2, -0.15) is 0 Å². The molecule has 0 fully saturated rings. The molecular weight excluding hydrogens is 266 g/mol. The molecule has 0 amide bonds. The average molecular weight is 285 g/mol. The minimum absolute atomic E-state index is 0.0365. The summed E-state index contributed by atoms with van der Waals surface area (Å²) in [5.41, 5.74) is 3.58. The van der Waals surface area contributed by atoms with Gasteiger partial charge in [-0.3, -0.25) is 19.7 Å².